The average Bonchev–Trinajstić information content (AvgIpc) is 2.28. The lowest BCUT2D eigenvalue weighted by molar-refractivity contribution is 0.415. The molecule has 1 aromatic carbocycles. The summed E-state index contributed by atoms with van der Waals surface area (Å²) < 4.78 is 5.44. The maximum atomic E-state index is 5.09. The predicted molar refractivity (Wildman–Crippen MR) is 63.9 cm³/mol. The van der Waals surface area contributed by atoms with E-state index in [9.17, 15) is 0 Å². The Labute approximate surface area is 98.3 Å². The van der Waals surface area contributed by atoms with Gasteiger partial charge in [0.2, 0.25) is 4.77 Å². The van der Waals surface area contributed by atoms with Crippen LogP contribution in [0, 0.1) is 11.7 Å². The van der Waals surface area contributed by atoms with Gasteiger partial charge in [-0.25, -0.2) is 9.97 Å². The van der Waals surface area contributed by atoms with Gasteiger partial charge in [-0.2, -0.15) is 0 Å². The van der Waals surface area contributed by atoms with Crippen LogP contribution < -0.4 is 4.74 Å². The van der Waals surface area contributed by atoms with Crippen molar-refractivity contribution in [1.29, 1.82) is 0 Å². The molecule has 1 heterocycles. The van der Waals surface area contributed by atoms with E-state index in [-0.39, 0.29) is 0 Å². The number of methoxy groups -OCH3 is 1. The van der Waals surface area contributed by atoms with Gasteiger partial charge in [-0.1, -0.05) is 0 Å². The molecule has 0 atom stereocenters. The molecule has 82 valence electrons. The molecule has 0 bridgehead atoms. The van der Waals surface area contributed by atoms with Gasteiger partial charge in [0.05, 0.1) is 7.11 Å². The van der Waals surface area contributed by atoms with E-state index < -0.39 is 0 Å². The first-order valence-corrected chi connectivity index (χ1v) is 5.19. The van der Waals surface area contributed by atoms with Crippen molar-refractivity contribution in [3.63, 3.8) is 0 Å². The van der Waals surface area contributed by atoms with Crippen LogP contribution in [-0.4, -0.2) is 22.1 Å². The Morgan fingerprint density at radius 1 is 1.19 bits per heavy atom. The molecule has 16 heavy (non-hydrogen) atoms. The Morgan fingerprint density at radius 3 is 2.44 bits per heavy atom. The molecule has 2 rings (SSSR count). The lowest BCUT2D eigenvalue weighted by Gasteiger charge is -2.03. The zero-order chi connectivity index (χ0) is 11.5. The van der Waals surface area contributed by atoms with Gasteiger partial charge in [-0.3, -0.25) is 0 Å². The Hall–Kier alpha value is -1.75. The Balaban J connectivity index is 2.46. The predicted octanol–water partition coefficient (Wildman–Crippen LogP) is 2.52. The standard InChI is InChI=1S/C11H11N3OS/c1-7-12-10(14-11(16)13-7)8-3-5-9(15-2)6-4-8/h3-6H,1-2H3,(H,12,13,14,16). The summed E-state index contributed by atoms with van der Waals surface area (Å²) in [6.45, 7) is 1.85. The minimum atomic E-state index is 0.349. The smallest absolute Gasteiger partial charge is 0.222 e. The molecule has 0 saturated heterocycles. The number of nitrogens with zero attached hydrogens (tertiary/aromatic N) is 2. The van der Waals surface area contributed by atoms with E-state index in [1.54, 1.807) is 7.11 Å². The van der Waals surface area contributed by atoms with E-state index >= 15 is 0 Å². The molecule has 0 radical (unpaired) electrons. The minimum Gasteiger partial charge on any atom is -0.497 e. The van der Waals surface area contributed by atoms with E-state index in [0.29, 0.717) is 4.77 Å². The second kappa shape index (κ2) is 4.40. The Bertz CT molecular complexity index is 548. The summed E-state index contributed by atoms with van der Waals surface area (Å²) in [5.74, 6) is 2.29. The summed E-state index contributed by atoms with van der Waals surface area (Å²) in [5, 5.41) is 0. The third-order valence-electron chi connectivity index (χ3n) is 2.13. The van der Waals surface area contributed by atoms with Crippen LogP contribution in [0.4, 0.5) is 0 Å². The molecule has 0 aliphatic heterocycles. The largest absolute Gasteiger partial charge is 0.497 e. The summed E-state index contributed by atoms with van der Waals surface area (Å²) in [6, 6.07) is 7.60. The first-order chi connectivity index (χ1) is 7.69. The third kappa shape index (κ3) is 2.25. The van der Waals surface area contributed by atoms with Crippen LogP contribution >= 0.6 is 12.2 Å². The van der Waals surface area contributed by atoms with Crippen molar-refractivity contribution in [2.24, 2.45) is 0 Å². The fourth-order valence-corrected chi connectivity index (χ4v) is 1.61. The highest BCUT2D eigenvalue weighted by molar-refractivity contribution is 7.71. The van der Waals surface area contributed by atoms with Gasteiger partial charge in [0, 0.05) is 5.56 Å². The molecule has 5 heteroatoms. The van der Waals surface area contributed by atoms with Gasteiger partial charge >= 0.3 is 0 Å². The quantitative estimate of drug-likeness (QED) is 0.810. The van der Waals surface area contributed by atoms with Crippen LogP contribution in [0.1, 0.15) is 5.82 Å². The lowest BCUT2D eigenvalue weighted by atomic mass is 10.2. The number of ether oxygens (including phenoxy) is 1. The van der Waals surface area contributed by atoms with Gasteiger partial charge in [0.25, 0.3) is 0 Å². The molecule has 2 aromatic rings. The van der Waals surface area contributed by atoms with E-state index in [1.165, 1.54) is 0 Å². The number of benzene rings is 1. The van der Waals surface area contributed by atoms with Crippen molar-refractivity contribution in [2.75, 3.05) is 7.11 Å². The summed E-state index contributed by atoms with van der Waals surface area (Å²) in [7, 11) is 1.64. The normalized spacial score (nSPS) is 10.1. The maximum Gasteiger partial charge on any atom is 0.222 e. The van der Waals surface area contributed by atoms with Crippen molar-refractivity contribution in [3.05, 3.63) is 34.9 Å². The highest BCUT2D eigenvalue weighted by Crippen LogP contribution is 2.18. The van der Waals surface area contributed by atoms with Crippen molar-refractivity contribution in [2.45, 2.75) is 6.92 Å². The molecule has 0 spiro atoms. The first kappa shape index (κ1) is 10.8. The van der Waals surface area contributed by atoms with Crippen molar-refractivity contribution in [3.8, 4) is 17.1 Å². The number of rotatable bonds is 2. The fourth-order valence-electron chi connectivity index (χ4n) is 1.38. The van der Waals surface area contributed by atoms with Crippen LogP contribution in [0.25, 0.3) is 11.4 Å². The molecule has 0 saturated carbocycles. The molecule has 0 fully saturated rings. The van der Waals surface area contributed by atoms with E-state index in [2.05, 4.69) is 15.0 Å². The molecule has 1 N–H and O–H groups in total. The molecular weight excluding hydrogens is 222 g/mol. The van der Waals surface area contributed by atoms with Crippen LogP contribution in [0.2, 0.25) is 0 Å². The molecule has 1 aromatic heterocycles. The van der Waals surface area contributed by atoms with Crippen molar-refractivity contribution in [1.82, 2.24) is 15.0 Å². The molecule has 0 aliphatic carbocycles. The highest BCUT2D eigenvalue weighted by atomic mass is 32.1. The number of hydrogen-bond donors (Lipinski definition) is 1. The highest BCUT2D eigenvalue weighted by Gasteiger charge is 2.01. The SMILES string of the molecule is COc1ccc(-c2nc(=S)nc(C)[nH]2)cc1. The topological polar surface area (TPSA) is 50.8 Å². The molecular formula is C11H11N3OS. The summed E-state index contributed by atoms with van der Waals surface area (Å²) in [4.78, 5) is 11.3. The number of aromatic amines is 1. The average molecular weight is 233 g/mol. The second-order valence-electron chi connectivity index (χ2n) is 3.29. The van der Waals surface area contributed by atoms with Crippen molar-refractivity contribution < 1.29 is 4.74 Å². The van der Waals surface area contributed by atoms with E-state index in [0.717, 1.165) is 23.0 Å². The number of aromatic nitrogens is 3. The molecule has 0 amide bonds. The van der Waals surface area contributed by atoms with Crippen LogP contribution in [0.5, 0.6) is 5.75 Å². The maximum absolute atomic E-state index is 5.09. The summed E-state index contributed by atoms with van der Waals surface area (Å²) in [5.41, 5.74) is 0.956. The number of nitrogens with one attached hydrogen (secondary N) is 1. The van der Waals surface area contributed by atoms with Gasteiger partial charge in [0.15, 0.2) is 0 Å². The lowest BCUT2D eigenvalue weighted by Crippen LogP contribution is -1.96. The Kier molecular flexibility index (Phi) is 2.96. The Morgan fingerprint density at radius 2 is 1.88 bits per heavy atom. The van der Waals surface area contributed by atoms with Gasteiger partial charge in [-0.05, 0) is 43.4 Å². The molecule has 0 aliphatic rings. The summed E-state index contributed by atoms with van der Waals surface area (Å²) in [6.07, 6.45) is 0. The van der Waals surface area contributed by atoms with Gasteiger partial charge in [0.1, 0.15) is 17.4 Å². The van der Waals surface area contributed by atoms with Crippen LogP contribution in [-0.2, 0) is 0 Å². The minimum absolute atomic E-state index is 0.349. The second-order valence-corrected chi connectivity index (χ2v) is 3.66. The number of aryl methyl sites for hydroxylation is 1. The zero-order valence-electron chi connectivity index (χ0n) is 9.02. The van der Waals surface area contributed by atoms with Crippen LogP contribution in [0.15, 0.2) is 24.3 Å². The molecule has 4 nitrogen and oxygen atoms in total. The zero-order valence-corrected chi connectivity index (χ0v) is 9.84. The number of H-pyrrole nitrogens is 1. The number of hydrogen-bond acceptors (Lipinski definition) is 4. The molecule has 0 unspecified atom stereocenters. The first-order valence-electron chi connectivity index (χ1n) is 4.78. The van der Waals surface area contributed by atoms with E-state index in [4.69, 9.17) is 17.0 Å². The monoisotopic (exact) mass is 233 g/mol. The van der Waals surface area contributed by atoms with Gasteiger partial charge < -0.3 is 9.72 Å². The van der Waals surface area contributed by atoms with Crippen molar-refractivity contribution >= 4 is 12.2 Å². The fraction of sp³-hybridized carbons (Fsp3) is 0.182. The van der Waals surface area contributed by atoms with Gasteiger partial charge in [-0.15, -0.1) is 0 Å². The van der Waals surface area contributed by atoms with Crippen LogP contribution in [0.3, 0.4) is 0 Å². The summed E-state index contributed by atoms with van der Waals surface area (Å²) >= 11 is 4.97. The van der Waals surface area contributed by atoms with E-state index in [1.807, 2.05) is 31.2 Å². The third-order valence-corrected chi connectivity index (χ3v) is 2.32.